The lowest BCUT2D eigenvalue weighted by Gasteiger charge is -2.02. The number of halogens is 1. The number of carbonyl (C=O) groups is 2. The van der Waals surface area contributed by atoms with E-state index >= 15 is 0 Å². The minimum Gasteiger partial charge on any atom is -0.459 e. The maximum absolute atomic E-state index is 12.2. The first-order valence-corrected chi connectivity index (χ1v) is 7.33. The number of carbonyl (C=O) groups excluding carboxylic acids is 2. The highest BCUT2D eigenvalue weighted by molar-refractivity contribution is 9.10. The van der Waals surface area contributed by atoms with Gasteiger partial charge in [-0.1, -0.05) is 18.2 Å². The van der Waals surface area contributed by atoms with Crippen molar-refractivity contribution < 1.29 is 18.7 Å². The highest BCUT2D eigenvalue weighted by atomic mass is 79.9. The van der Waals surface area contributed by atoms with Gasteiger partial charge in [-0.05, 0) is 28.9 Å². The highest BCUT2D eigenvalue weighted by Gasteiger charge is 2.23. The van der Waals surface area contributed by atoms with Gasteiger partial charge < -0.3 is 9.15 Å². The van der Waals surface area contributed by atoms with E-state index in [1.807, 2.05) is 12.1 Å². The van der Waals surface area contributed by atoms with Crippen LogP contribution in [0, 0.1) is 0 Å². The molecular formula is C15H11BrN2O4. The number of para-hydroxylation sites is 1. The van der Waals surface area contributed by atoms with Gasteiger partial charge in [0.2, 0.25) is 0 Å². The zero-order chi connectivity index (χ0) is 15.7. The summed E-state index contributed by atoms with van der Waals surface area (Å²) in [5.74, 6) is -1.15. The number of ether oxygens (including phenoxy) is 1. The number of hydrogen-bond acceptors (Lipinski definition) is 5. The van der Waals surface area contributed by atoms with Gasteiger partial charge in [0.25, 0.3) is 0 Å². The smallest absolute Gasteiger partial charge is 0.397 e. The number of aromatic nitrogens is 2. The molecule has 6 nitrogen and oxygen atoms in total. The van der Waals surface area contributed by atoms with Crippen LogP contribution in [-0.2, 0) is 9.53 Å². The summed E-state index contributed by atoms with van der Waals surface area (Å²) in [7, 11) is 0. The van der Waals surface area contributed by atoms with E-state index in [2.05, 4.69) is 20.9 Å². The number of hydrogen-bond donors (Lipinski definition) is 0. The first-order chi connectivity index (χ1) is 10.6. The van der Waals surface area contributed by atoms with Crippen molar-refractivity contribution in [3.8, 4) is 11.3 Å². The van der Waals surface area contributed by atoms with Crippen LogP contribution in [-0.4, -0.2) is 28.0 Å². The molecule has 0 saturated carbocycles. The van der Waals surface area contributed by atoms with Gasteiger partial charge in [-0.15, -0.1) is 0 Å². The molecule has 7 heteroatoms. The second kappa shape index (κ2) is 5.76. The molecule has 0 spiro atoms. The molecule has 0 aliphatic heterocycles. The average Bonchev–Trinajstić information content (AvgIpc) is 3.10. The monoisotopic (exact) mass is 362 g/mol. The minimum absolute atomic E-state index is 0.143. The van der Waals surface area contributed by atoms with Crippen molar-refractivity contribution in [2.75, 3.05) is 6.61 Å². The maximum Gasteiger partial charge on any atom is 0.397 e. The lowest BCUT2D eigenvalue weighted by molar-refractivity contribution is -0.138. The average molecular weight is 363 g/mol. The van der Waals surface area contributed by atoms with Crippen molar-refractivity contribution in [1.82, 2.24) is 9.55 Å². The van der Waals surface area contributed by atoms with Crippen LogP contribution in [0.2, 0.25) is 0 Å². The van der Waals surface area contributed by atoms with Gasteiger partial charge in [-0.25, -0.2) is 9.78 Å². The normalized spacial score (nSPS) is 10.8. The molecule has 3 aromatic rings. The van der Waals surface area contributed by atoms with E-state index in [1.165, 1.54) is 11.0 Å². The zero-order valence-electron chi connectivity index (χ0n) is 11.6. The van der Waals surface area contributed by atoms with Crippen molar-refractivity contribution >= 4 is 38.7 Å². The number of rotatable bonds is 2. The number of fused-ring (bicyclic) bond motifs is 1. The largest absolute Gasteiger partial charge is 0.459 e. The lowest BCUT2D eigenvalue weighted by Crippen LogP contribution is -2.23. The Morgan fingerprint density at radius 2 is 2.14 bits per heavy atom. The molecule has 2 heterocycles. The van der Waals surface area contributed by atoms with Crippen molar-refractivity contribution in [2.24, 2.45) is 0 Å². The van der Waals surface area contributed by atoms with E-state index < -0.39 is 11.9 Å². The van der Waals surface area contributed by atoms with E-state index in [9.17, 15) is 9.59 Å². The SMILES string of the molecule is CCOC(=O)C(=O)n1cc(-c2ocnc2Br)c2ccccc21. The molecule has 112 valence electrons. The van der Waals surface area contributed by atoms with Crippen molar-refractivity contribution in [3.63, 3.8) is 0 Å². The van der Waals surface area contributed by atoms with Crippen LogP contribution >= 0.6 is 15.9 Å². The molecule has 0 saturated heterocycles. The van der Waals surface area contributed by atoms with Crippen LogP contribution in [0.4, 0.5) is 0 Å². The Morgan fingerprint density at radius 1 is 1.36 bits per heavy atom. The van der Waals surface area contributed by atoms with Gasteiger partial charge in [0.05, 0.1) is 12.1 Å². The van der Waals surface area contributed by atoms with Gasteiger partial charge in [-0.2, -0.15) is 0 Å². The first kappa shape index (κ1) is 14.5. The molecule has 2 aromatic heterocycles. The van der Waals surface area contributed by atoms with Crippen LogP contribution in [0.25, 0.3) is 22.2 Å². The predicted octanol–water partition coefficient (Wildman–Crippen LogP) is 3.26. The quantitative estimate of drug-likeness (QED) is 0.516. The number of benzene rings is 1. The molecule has 0 aliphatic carbocycles. The van der Waals surface area contributed by atoms with E-state index in [4.69, 9.17) is 9.15 Å². The summed E-state index contributed by atoms with van der Waals surface area (Å²) >= 11 is 3.30. The van der Waals surface area contributed by atoms with Crippen LogP contribution in [0.3, 0.4) is 0 Å². The molecule has 0 aliphatic rings. The molecular weight excluding hydrogens is 352 g/mol. The lowest BCUT2D eigenvalue weighted by atomic mass is 10.1. The molecule has 0 unspecified atom stereocenters. The molecule has 0 fully saturated rings. The fraction of sp³-hybridized carbons (Fsp3) is 0.133. The Bertz CT molecular complexity index is 865. The van der Waals surface area contributed by atoms with Gasteiger partial charge in [-0.3, -0.25) is 9.36 Å². The second-order valence-electron chi connectivity index (χ2n) is 4.43. The topological polar surface area (TPSA) is 74.3 Å². The van der Waals surface area contributed by atoms with Crippen molar-refractivity contribution in [2.45, 2.75) is 6.92 Å². The summed E-state index contributed by atoms with van der Waals surface area (Å²) < 4.78 is 11.9. The Labute approximate surface area is 133 Å². The molecule has 3 rings (SSSR count). The van der Waals surface area contributed by atoms with Gasteiger partial charge in [0.1, 0.15) is 0 Å². The number of esters is 1. The summed E-state index contributed by atoms with van der Waals surface area (Å²) in [6.45, 7) is 1.79. The third kappa shape index (κ3) is 2.33. The van der Waals surface area contributed by atoms with E-state index in [0.717, 1.165) is 5.39 Å². The Kier molecular flexibility index (Phi) is 3.81. The summed E-state index contributed by atoms with van der Waals surface area (Å²) in [4.78, 5) is 27.9. The van der Waals surface area contributed by atoms with Crippen LogP contribution in [0.15, 0.2) is 45.9 Å². The third-order valence-electron chi connectivity index (χ3n) is 3.15. The van der Waals surface area contributed by atoms with E-state index in [-0.39, 0.29) is 6.61 Å². The van der Waals surface area contributed by atoms with Crippen LogP contribution in [0.5, 0.6) is 0 Å². The van der Waals surface area contributed by atoms with Gasteiger partial charge in [0, 0.05) is 17.1 Å². The van der Waals surface area contributed by atoms with E-state index in [0.29, 0.717) is 21.4 Å². The molecule has 0 bridgehead atoms. The van der Waals surface area contributed by atoms with Crippen molar-refractivity contribution in [1.29, 1.82) is 0 Å². The molecule has 1 aromatic carbocycles. The first-order valence-electron chi connectivity index (χ1n) is 6.54. The van der Waals surface area contributed by atoms with Gasteiger partial charge >= 0.3 is 11.9 Å². The van der Waals surface area contributed by atoms with Gasteiger partial charge in [0.15, 0.2) is 16.8 Å². The Balaban J connectivity index is 2.19. The number of nitrogens with zero attached hydrogens (tertiary/aromatic N) is 2. The zero-order valence-corrected chi connectivity index (χ0v) is 13.2. The minimum atomic E-state index is -0.897. The summed E-state index contributed by atoms with van der Waals surface area (Å²) in [6.07, 6.45) is 2.86. The molecule has 0 radical (unpaired) electrons. The molecule has 22 heavy (non-hydrogen) atoms. The number of oxazole rings is 1. The third-order valence-corrected chi connectivity index (χ3v) is 3.71. The second-order valence-corrected chi connectivity index (χ2v) is 5.18. The van der Waals surface area contributed by atoms with Crippen LogP contribution in [0.1, 0.15) is 11.7 Å². The Hall–Kier alpha value is -2.41. The fourth-order valence-electron chi connectivity index (χ4n) is 2.23. The Morgan fingerprint density at radius 3 is 2.82 bits per heavy atom. The summed E-state index contributed by atoms with van der Waals surface area (Å²) in [6, 6.07) is 7.22. The molecule has 0 amide bonds. The molecule has 0 N–H and O–H groups in total. The highest BCUT2D eigenvalue weighted by Crippen LogP contribution is 2.34. The van der Waals surface area contributed by atoms with E-state index in [1.54, 1.807) is 25.3 Å². The summed E-state index contributed by atoms with van der Waals surface area (Å²) in [5.41, 5.74) is 1.26. The molecule has 0 atom stereocenters. The van der Waals surface area contributed by atoms with Crippen molar-refractivity contribution in [3.05, 3.63) is 41.5 Å². The maximum atomic E-state index is 12.2. The fourth-order valence-corrected chi connectivity index (χ4v) is 2.62. The predicted molar refractivity (Wildman–Crippen MR) is 82.4 cm³/mol. The van der Waals surface area contributed by atoms with Crippen LogP contribution < -0.4 is 0 Å². The summed E-state index contributed by atoms with van der Waals surface area (Å²) in [5, 5.41) is 0.776. The standard InChI is InChI=1S/C15H11BrN2O4/c1-2-21-15(20)14(19)18-7-10(12-13(16)17-8-22-12)9-5-3-4-6-11(9)18/h3-8H,2H2,1H3.